The van der Waals surface area contributed by atoms with Crippen molar-refractivity contribution in [3.05, 3.63) is 141 Å². The molecule has 2 atom stereocenters. The van der Waals surface area contributed by atoms with Gasteiger partial charge in [0, 0.05) is 33.7 Å². The van der Waals surface area contributed by atoms with Crippen LogP contribution in [-0.4, -0.2) is 70.4 Å². The number of unbranched alkanes of at least 4 members (excludes halogenated alkanes) is 6. The molecule has 0 spiro atoms. The molecule has 0 saturated carbocycles. The summed E-state index contributed by atoms with van der Waals surface area (Å²) in [5.41, 5.74) is 1.87. The van der Waals surface area contributed by atoms with Crippen molar-refractivity contribution < 1.29 is 23.0 Å². The van der Waals surface area contributed by atoms with Crippen LogP contribution in [0.3, 0.4) is 0 Å². The van der Waals surface area contributed by atoms with Crippen molar-refractivity contribution >= 4 is 27.7 Å². The first-order valence-corrected chi connectivity index (χ1v) is 21.2. The zero-order valence-corrected chi connectivity index (χ0v) is 35.9. The molecule has 0 radical (unpaired) electrons. The third-order valence-corrected chi connectivity index (χ3v) is 10.6. The second kappa shape index (κ2) is 23.4. The lowest BCUT2D eigenvalue weighted by Gasteiger charge is -2.30. The van der Waals surface area contributed by atoms with Gasteiger partial charge in [-0.25, -0.2) is 18.7 Å². The number of halogens is 2. The molecule has 2 heterocycles. The molecule has 0 aliphatic carbocycles. The van der Waals surface area contributed by atoms with Crippen molar-refractivity contribution in [2.24, 2.45) is 0 Å². The van der Waals surface area contributed by atoms with Gasteiger partial charge in [0.25, 0.3) is 11.1 Å². The standard InChI is InChI=1S/C29H38FN3O3.C19H20FN3O2/c1-4-5-6-7-8-9-10-15-27(34)32(20-21-36-3)22(2)28-31-26-14-12-11-13-25(26)29(35)33(28)24-18-16-23(30)17-19-24;1-13(21-11-12-25-2)18-22-17-6-4-3-5-16(17)19(24)23(18)15-9-7-14(20)8-10-15/h11-14,16-19,22H,4-10,15,20-21H2,1-3H3;3-10,13,21H,11-12H2,1-2H3. The second-order valence-corrected chi connectivity index (χ2v) is 15.0. The van der Waals surface area contributed by atoms with Crippen LogP contribution in [0.4, 0.5) is 8.78 Å². The van der Waals surface area contributed by atoms with Gasteiger partial charge in [-0.15, -0.1) is 0 Å². The van der Waals surface area contributed by atoms with E-state index < -0.39 is 6.04 Å². The molecule has 6 rings (SSSR count). The summed E-state index contributed by atoms with van der Waals surface area (Å²) in [6, 6.07) is 25.3. The minimum Gasteiger partial charge on any atom is -0.383 e. The zero-order valence-electron chi connectivity index (χ0n) is 35.9. The maximum atomic E-state index is 13.7. The van der Waals surface area contributed by atoms with Crippen LogP contribution in [0.1, 0.15) is 95.9 Å². The Hall–Kier alpha value is -5.63. The molecular weight excluding hydrogens is 779 g/mol. The molecule has 324 valence electrons. The Balaban J connectivity index is 0.000000246. The van der Waals surface area contributed by atoms with Gasteiger partial charge in [0.2, 0.25) is 5.91 Å². The molecule has 1 amide bonds. The molecule has 0 saturated heterocycles. The third kappa shape index (κ3) is 12.2. The maximum Gasteiger partial charge on any atom is 0.266 e. The number of methoxy groups -OCH3 is 2. The zero-order chi connectivity index (χ0) is 43.7. The molecule has 4 aromatic carbocycles. The Morgan fingerprint density at radius 3 is 1.67 bits per heavy atom. The number of amides is 1. The summed E-state index contributed by atoms with van der Waals surface area (Å²) < 4.78 is 40.3. The highest BCUT2D eigenvalue weighted by atomic mass is 19.1. The number of hydrogen-bond acceptors (Lipinski definition) is 8. The fraction of sp³-hybridized carbons (Fsp3) is 0.396. The quantitative estimate of drug-likeness (QED) is 0.0757. The van der Waals surface area contributed by atoms with Crippen molar-refractivity contribution in [1.82, 2.24) is 29.3 Å². The number of ether oxygens (including phenoxy) is 2. The van der Waals surface area contributed by atoms with Crippen LogP contribution in [0.5, 0.6) is 0 Å². The average Bonchev–Trinajstić information content (AvgIpc) is 3.27. The topological polar surface area (TPSA) is 121 Å². The first-order chi connectivity index (χ1) is 29.6. The summed E-state index contributed by atoms with van der Waals surface area (Å²) in [6.45, 7) is 7.97. The highest BCUT2D eigenvalue weighted by Gasteiger charge is 2.27. The molecular formula is C48H58F2N6O5. The van der Waals surface area contributed by atoms with Crippen molar-refractivity contribution in [2.45, 2.75) is 84.2 Å². The number of fused-ring (bicyclic) bond motifs is 2. The number of benzene rings is 4. The Kier molecular flexibility index (Phi) is 17.8. The predicted molar refractivity (Wildman–Crippen MR) is 238 cm³/mol. The van der Waals surface area contributed by atoms with Gasteiger partial charge >= 0.3 is 0 Å². The number of rotatable bonds is 20. The fourth-order valence-electron chi connectivity index (χ4n) is 7.26. The van der Waals surface area contributed by atoms with Crippen molar-refractivity contribution in [3.63, 3.8) is 0 Å². The Morgan fingerprint density at radius 2 is 1.15 bits per heavy atom. The van der Waals surface area contributed by atoms with Gasteiger partial charge in [-0.2, -0.15) is 0 Å². The normalized spacial score (nSPS) is 12.2. The highest BCUT2D eigenvalue weighted by Crippen LogP contribution is 2.25. The smallest absolute Gasteiger partial charge is 0.266 e. The van der Waals surface area contributed by atoms with Crippen LogP contribution in [0, 0.1) is 11.6 Å². The van der Waals surface area contributed by atoms with Crippen molar-refractivity contribution in [3.8, 4) is 11.4 Å². The minimum absolute atomic E-state index is 0.0150. The molecule has 1 N–H and O–H groups in total. The van der Waals surface area contributed by atoms with Gasteiger partial charge in [0.15, 0.2) is 0 Å². The number of aromatic nitrogens is 4. The van der Waals surface area contributed by atoms with Crippen molar-refractivity contribution in [1.29, 1.82) is 0 Å². The van der Waals surface area contributed by atoms with E-state index in [0.717, 1.165) is 19.3 Å². The number of nitrogens with one attached hydrogen (secondary N) is 1. The van der Waals surface area contributed by atoms with Crippen molar-refractivity contribution in [2.75, 3.05) is 40.5 Å². The van der Waals surface area contributed by atoms with E-state index in [1.165, 1.54) is 59.1 Å². The summed E-state index contributed by atoms with van der Waals surface area (Å²) in [5.74, 6) is 0.294. The maximum absolute atomic E-state index is 13.7. The molecule has 2 unspecified atom stereocenters. The summed E-state index contributed by atoms with van der Waals surface area (Å²) >= 11 is 0. The van der Waals surface area contributed by atoms with Gasteiger partial charge in [0.05, 0.1) is 58.5 Å². The molecule has 13 heteroatoms. The number of para-hydroxylation sites is 2. The molecule has 0 aliphatic heterocycles. The molecule has 6 aromatic rings. The summed E-state index contributed by atoms with van der Waals surface area (Å²) in [6.07, 6.45) is 8.36. The Bertz CT molecular complexity index is 2440. The summed E-state index contributed by atoms with van der Waals surface area (Å²) in [7, 11) is 3.24. The molecule has 0 fully saturated rings. The van der Waals surface area contributed by atoms with E-state index in [0.29, 0.717) is 77.6 Å². The molecule has 11 nitrogen and oxygen atoms in total. The van der Waals surface area contributed by atoms with Crippen LogP contribution in [0.15, 0.2) is 107 Å². The van der Waals surface area contributed by atoms with E-state index in [1.807, 2.05) is 32.0 Å². The van der Waals surface area contributed by atoms with E-state index in [-0.39, 0.29) is 34.7 Å². The van der Waals surface area contributed by atoms with Gasteiger partial charge in [0.1, 0.15) is 23.3 Å². The van der Waals surface area contributed by atoms with E-state index in [1.54, 1.807) is 73.7 Å². The second-order valence-electron chi connectivity index (χ2n) is 15.0. The molecule has 2 aromatic heterocycles. The first-order valence-electron chi connectivity index (χ1n) is 21.2. The average molecular weight is 837 g/mol. The van der Waals surface area contributed by atoms with Crippen LogP contribution >= 0.6 is 0 Å². The lowest BCUT2D eigenvalue weighted by molar-refractivity contribution is -0.134. The lowest BCUT2D eigenvalue weighted by atomic mass is 10.1. The monoisotopic (exact) mass is 836 g/mol. The first kappa shape index (κ1) is 46.4. The van der Waals surface area contributed by atoms with E-state index in [2.05, 4.69) is 17.2 Å². The van der Waals surface area contributed by atoms with Gasteiger partial charge < -0.3 is 19.7 Å². The minimum atomic E-state index is -0.487. The predicted octanol–water partition coefficient (Wildman–Crippen LogP) is 9.02. The van der Waals surface area contributed by atoms with Crippen LogP contribution < -0.4 is 16.4 Å². The number of hydrogen-bond donors (Lipinski definition) is 1. The van der Waals surface area contributed by atoms with E-state index >= 15 is 0 Å². The fourth-order valence-corrected chi connectivity index (χ4v) is 7.26. The SMILES string of the molecule is CCCCCCCCCC(=O)N(CCOC)C(C)c1nc2ccccc2c(=O)n1-c1ccc(F)cc1.COCCNC(C)c1nc2ccccc2c(=O)n1-c1ccc(F)cc1. The summed E-state index contributed by atoms with van der Waals surface area (Å²) in [5, 5.41) is 4.29. The largest absolute Gasteiger partial charge is 0.383 e. The number of nitrogens with zero attached hydrogens (tertiary/aromatic N) is 5. The van der Waals surface area contributed by atoms with E-state index in [9.17, 15) is 23.2 Å². The third-order valence-electron chi connectivity index (χ3n) is 10.6. The Labute approximate surface area is 356 Å². The lowest BCUT2D eigenvalue weighted by Crippen LogP contribution is -2.39. The molecule has 0 aliphatic rings. The van der Waals surface area contributed by atoms with Crippen LogP contribution in [0.25, 0.3) is 33.2 Å². The summed E-state index contributed by atoms with van der Waals surface area (Å²) in [4.78, 5) is 51.2. The molecule has 61 heavy (non-hydrogen) atoms. The molecule has 0 bridgehead atoms. The highest BCUT2D eigenvalue weighted by molar-refractivity contribution is 5.79. The Morgan fingerprint density at radius 1 is 0.672 bits per heavy atom. The van der Waals surface area contributed by atoms with Gasteiger partial charge in [-0.3, -0.25) is 23.5 Å². The number of carbonyl (C=O) groups excluding carboxylic acids is 1. The number of carbonyl (C=O) groups is 1. The van der Waals surface area contributed by atoms with Crippen LogP contribution in [-0.2, 0) is 14.3 Å². The van der Waals surface area contributed by atoms with Crippen LogP contribution in [0.2, 0.25) is 0 Å². The van der Waals surface area contributed by atoms with Gasteiger partial charge in [-0.1, -0.05) is 69.7 Å². The van der Waals surface area contributed by atoms with Gasteiger partial charge in [-0.05, 0) is 93.1 Å². The van der Waals surface area contributed by atoms with E-state index in [4.69, 9.17) is 14.5 Å².